The Labute approximate surface area is 115 Å². The average Bonchev–Trinajstić information content (AvgIpc) is 2.26. The summed E-state index contributed by atoms with van der Waals surface area (Å²) in [6.45, 7) is 8.13. The molecule has 0 aromatic carbocycles. The zero-order chi connectivity index (χ0) is 14.6. The maximum absolute atomic E-state index is 12.1. The van der Waals surface area contributed by atoms with Gasteiger partial charge in [0.25, 0.3) is 0 Å². The molecule has 1 fully saturated rings. The Morgan fingerprint density at radius 3 is 2.42 bits per heavy atom. The van der Waals surface area contributed by atoms with Gasteiger partial charge in [0.15, 0.2) is 0 Å². The number of amides is 1. The third-order valence-electron chi connectivity index (χ3n) is 3.28. The van der Waals surface area contributed by atoms with Crippen molar-refractivity contribution in [3.63, 3.8) is 0 Å². The number of ketones is 1. The van der Waals surface area contributed by atoms with Gasteiger partial charge in [0.05, 0.1) is 12.6 Å². The highest BCUT2D eigenvalue weighted by Crippen LogP contribution is 2.25. The van der Waals surface area contributed by atoms with Crippen LogP contribution >= 0.6 is 0 Å². The Bertz CT molecular complexity index is 335. The van der Waals surface area contributed by atoms with E-state index in [0.717, 1.165) is 0 Å². The molecule has 1 aliphatic rings. The lowest BCUT2D eigenvalue weighted by molar-refractivity contribution is -0.123. The fourth-order valence-electron chi connectivity index (χ4n) is 2.33. The van der Waals surface area contributed by atoms with Crippen LogP contribution in [0.25, 0.3) is 0 Å². The molecular weight excluding hydrogens is 246 g/mol. The lowest BCUT2D eigenvalue weighted by atomic mass is 9.88. The fourth-order valence-corrected chi connectivity index (χ4v) is 2.33. The molecule has 5 nitrogen and oxygen atoms in total. The van der Waals surface area contributed by atoms with Gasteiger partial charge in [-0.2, -0.15) is 0 Å². The van der Waals surface area contributed by atoms with Gasteiger partial charge < -0.3 is 14.4 Å². The van der Waals surface area contributed by atoms with Crippen LogP contribution in [0, 0.1) is 5.92 Å². The average molecular weight is 271 g/mol. The molecular formula is C14H25NO4. The molecule has 0 aromatic heterocycles. The molecule has 1 amide bonds. The molecule has 0 saturated carbocycles. The zero-order valence-corrected chi connectivity index (χ0v) is 12.6. The minimum Gasteiger partial charge on any atom is -0.444 e. The standard InChI is InChI=1S/C14H25NO4/c1-10(16)11-6-7-15(12(8-11)9-18-5)13(17)19-14(2,3)4/h11-12H,6-9H2,1-5H3. The van der Waals surface area contributed by atoms with E-state index in [9.17, 15) is 9.59 Å². The molecule has 0 aromatic rings. The summed E-state index contributed by atoms with van der Waals surface area (Å²) in [4.78, 5) is 25.3. The molecule has 0 radical (unpaired) electrons. The number of hydrogen-bond donors (Lipinski definition) is 0. The van der Waals surface area contributed by atoms with E-state index in [4.69, 9.17) is 9.47 Å². The van der Waals surface area contributed by atoms with Crippen molar-refractivity contribution in [3.8, 4) is 0 Å². The van der Waals surface area contributed by atoms with Crippen molar-refractivity contribution < 1.29 is 19.1 Å². The lowest BCUT2D eigenvalue weighted by Gasteiger charge is -2.39. The predicted octanol–water partition coefficient (Wildman–Crippen LogP) is 2.24. The molecule has 5 heteroatoms. The molecule has 19 heavy (non-hydrogen) atoms. The van der Waals surface area contributed by atoms with Crippen LogP contribution in [-0.2, 0) is 14.3 Å². The molecule has 1 heterocycles. The quantitative estimate of drug-likeness (QED) is 0.790. The maximum atomic E-state index is 12.1. The highest BCUT2D eigenvalue weighted by molar-refractivity contribution is 5.79. The molecule has 0 N–H and O–H groups in total. The second-order valence-corrected chi connectivity index (χ2v) is 6.11. The molecule has 0 spiro atoms. The van der Waals surface area contributed by atoms with Crippen LogP contribution in [0.2, 0.25) is 0 Å². The summed E-state index contributed by atoms with van der Waals surface area (Å²) in [5.74, 6) is 0.212. The Hall–Kier alpha value is -1.10. The Kier molecular flexibility index (Phi) is 5.35. The molecule has 2 unspecified atom stereocenters. The number of carbonyl (C=O) groups is 2. The third kappa shape index (κ3) is 4.82. The van der Waals surface area contributed by atoms with E-state index in [1.807, 2.05) is 20.8 Å². The molecule has 0 aliphatic carbocycles. The topological polar surface area (TPSA) is 55.8 Å². The lowest BCUT2D eigenvalue weighted by Crippen LogP contribution is -2.50. The molecule has 1 saturated heterocycles. The number of rotatable bonds is 3. The van der Waals surface area contributed by atoms with Crippen molar-refractivity contribution in [1.82, 2.24) is 4.90 Å². The third-order valence-corrected chi connectivity index (χ3v) is 3.28. The second-order valence-electron chi connectivity index (χ2n) is 6.11. The number of piperidine rings is 1. The van der Waals surface area contributed by atoms with Gasteiger partial charge in [-0.15, -0.1) is 0 Å². The minimum absolute atomic E-state index is 0.0267. The highest BCUT2D eigenvalue weighted by atomic mass is 16.6. The second kappa shape index (κ2) is 6.37. The first-order chi connectivity index (χ1) is 8.74. The van der Waals surface area contributed by atoms with E-state index in [-0.39, 0.29) is 23.8 Å². The molecule has 1 rings (SSSR count). The van der Waals surface area contributed by atoms with Crippen LogP contribution in [0.3, 0.4) is 0 Å². The van der Waals surface area contributed by atoms with Crippen LogP contribution in [0.5, 0.6) is 0 Å². The number of ether oxygens (including phenoxy) is 2. The van der Waals surface area contributed by atoms with E-state index in [2.05, 4.69) is 0 Å². The van der Waals surface area contributed by atoms with Gasteiger partial charge in [-0.3, -0.25) is 4.79 Å². The first-order valence-electron chi connectivity index (χ1n) is 6.73. The smallest absolute Gasteiger partial charge is 0.410 e. The number of Topliss-reactive ketones (excluding diaryl/α,β-unsaturated/α-hetero) is 1. The Balaban J connectivity index is 2.71. The summed E-state index contributed by atoms with van der Waals surface area (Å²) >= 11 is 0. The van der Waals surface area contributed by atoms with Gasteiger partial charge >= 0.3 is 6.09 Å². The van der Waals surface area contributed by atoms with E-state index in [1.165, 1.54) is 0 Å². The fraction of sp³-hybridized carbons (Fsp3) is 0.857. The van der Waals surface area contributed by atoms with Gasteiger partial charge in [0.1, 0.15) is 11.4 Å². The van der Waals surface area contributed by atoms with Crippen molar-refractivity contribution >= 4 is 11.9 Å². The van der Waals surface area contributed by atoms with Crippen LogP contribution in [0.15, 0.2) is 0 Å². The number of likely N-dealkylation sites (tertiary alicyclic amines) is 1. The Morgan fingerprint density at radius 1 is 1.32 bits per heavy atom. The molecule has 0 bridgehead atoms. The number of methoxy groups -OCH3 is 1. The number of hydrogen-bond acceptors (Lipinski definition) is 4. The van der Waals surface area contributed by atoms with E-state index < -0.39 is 5.60 Å². The predicted molar refractivity (Wildman–Crippen MR) is 72.0 cm³/mol. The van der Waals surface area contributed by atoms with Crippen molar-refractivity contribution in [2.24, 2.45) is 5.92 Å². The number of nitrogens with zero attached hydrogens (tertiary/aromatic N) is 1. The van der Waals surface area contributed by atoms with Crippen LogP contribution in [-0.4, -0.2) is 48.7 Å². The summed E-state index contributed by atoms with van der Waals surface area (Å²) in [6, 6.07) is -0.0810. The van der Waals surface area contributed by atoms with E-state index in [1.54, 1.807) is 18.9 Å². The van der Waals surface area contributed by atoms with Crippen molar-refractivity contribution in [2.75, 3.05) is 20.3 Å². The summed E-state index contributed by atoms with van der Waals surface area (Å²) in [5.41, 5.74) is -0.508. The highest BCUT2D eigenvalue weighted by Gasteiger charge is 2.35. The molecule has 110 valence electrons. The van der Waals surface area contributed by atoms with Gasteiger partial charge in [0, 0.05) is 19.6 Å². The van der Waals surface area contributed by atoms with Crippen molar-refractivity contribution in [2.45, 2.75) is 52.2 Å². The summed E-state index contributed by atoms with van der Waals surface area (Å²) in [5, 5.41) is 0. The zero-order valence-electron chi connectivity index (χ0n) is 12.6. The SMILES string of the molecule is COCC1CC(C(C)=O)CCN1C(=O)OC(C)(C)C. The molecule has 2 atom stereocenters. The van der Waals surface area contributed by atoms with Crippen LogP contribution < -0.4 is 0 Å². The summed E-state index contributed by atoms with van der Waals surface area (Å²) in [6.07, 6.45) is 1.04. The van der Waals surface area contributed by atoms with Gasteiger partial charge in [-0.25, -0.2) is 4.79 Å². The van der Waals surface area contributed by atoms with Crippen molar-refractivity contribution in [1.29, 1.82) is 0 Å². The van der Waals surface area contributed by atoms with Crippen molar-refractivity contribution in [3.05, 3.63) is 0 Å². The van der Waals surface area contributed by atoms with Gasteiger partial charge in [-0.05, 0) is 40.5 Å². The van der Waals surface area contributed by atoms with Gasteiger partial charge in [-0.1, -0.05) is 0 Å². The summed E-state index contributed by atoms with van der Waals surface area (Å²) in [7, 11) is 1.60. The molecule has 1 aliphatic heterocycles. The largest absolute Gasteiger partial charge is 0.444 e. The minimum atomic E-state index is -0.508. The van der Waals surface area contributed by atoms with E-state index >= 15 is 0 Å². The first kappa shape index (κ1) is 16.0. The monoisotopic (exact) mass is 271 g/mol. The number of carbonyl (C=O) groups excluding carboxylic acids is 2. The van der Waals surface area contributed by atoms with Crippen LogP contribution in [0.1, 0.15) is 40.5 Å². The van der Waals surface area contributed by atoms with Gasteiger partial charge in [0.2, 0.25) is 0 Å². The normalized spacial score (nSPS) is 24.2. The first-order valence-corrected chi connectivity index (χ1v) is 6.73. The Morgan fingerprint density at radius 2 is 1.95 bits per heavy atom. The van der Waals surface area contributed by atoms with Crippen LogP contribution in [0.4, 0.5) is 4.79 Å². The summed E-state index contributed by atoms with van der Waals surface area (Å²) < 4.78 is 10.6. The maximum Gasteiger partial charge on any atom is 0.410 e. The van der Waals surface area contributed by atoms with E-state index in [0.29, 0.717) is 26.0 Å².